The van der Waals surface area contributed by atoms with Crippen LogP contribution in [0.25, 0.3) is 0 Å². The van der Waals surface area contributed by atoms with Crippen LogP contribution >= 0.6 is 0 Å². The number of rotatable bonds is 2. The summed E-state index contributed by atoms with van der Waals surface area (Å²) in [5, 5.41) is 11.8. The lowest BCUT2D eigenvalue weighted by Gasteiger charge is -2.30. The predicted molar refractivity (Wildman–Crippen MR) is 47.0 cm³/mol. The van der Waals surface area contributed by atoms with Crippen LogP contribution in [-0.2, 0) is 4.79 Å². The molecular weight excluding hydrogens is 154 g/mol. The van der Waals surface area contributed by atoms with E-state index in [-0.39, 0.29) is 6.04 Å². The molecule has 0 radical (unpaired) electrons. The second-order valence-electron chi connectivity index (χ2n) is 3.87. The highest BCUT2D eigenvalue weighted by molar-refractivity contribution is 5.73. The molecule has 12 heavy (non-hydrogen) atoms. The summed E-state index contributed by atoms with van der Waals surface area (Å²) in [6.07, 6.45) is 1.90. The maximum atomic E-state index is 10.7. The lowest BCUT2D eigenvalue weighted by atomic mass is 9.84. The minimum Gasteiger partial charge on any atom is -0.480 e. The van der Waals surface area contributed by atoms with Gasteiger partial charge in [-0.1, -0.05) is 13.8 Å². The van der Waals surface area contributed by atoms with Gasteiger partial charge in [-0.05, 0) is 31.2 Å². The van der Waals surface area contributed by atoms with Crippen molar-refractivity contribution in [2.45, 2.75) is 32.7 Å². The fourth-order valence-electron chi connectivity index (χ4n) is 1.74. The number of carboxylic acid groups (broad SMARTS) is 1. The second-order valence-corrected chi connectivity index (χ2v) is 3.87. The summed E-state index contributed by atoms with van der Waals surface area (Å²) in [5.74, 6) is 0.474. The molecule has 0 aromatic rings. The van der Waals surface area contributed by atoms with Gasteiger partial charge in [0.15, 0.2) is 0 Å². The molecule has 1 fully saturated rings. The van der Waals surface area contributed by atoms with Gasteiger partial charge in [0, 0.05) is 0 Å². The molecule has 2 N–H and O–H groups in total. The van der Waals surface area contributed by atoms with Crippen LogP contribution in [0.1, 0.15) is 26.7 Å². The van der Waals surface area contributed by atoms with Gasteiger partial charge in [-0.15, -0.1) is 0 Å². The zero-order chi connectivity index (χ0) is 9.14. The number of carboxylic acids is 1. The first-order valence-corrected chi connectivity index (χ1v) is 4.57. The third kappa shape index (κ3) is 2.21. The van der Waals surface area contributed by atoms with Gasteiger partial charge in [0.1, 0.15) is 6.04 Å². The van der Waals surface area contributed by atoms with Crippen LogP contribution in [0.15, 0.2) is 0 Å². The van der Waals surface area contributed by atoms with Crippen LogP contribution in [-0.4, -0.2) is 23.7 Å². The van der Waals surface area contributed by atoms with E-state index in [2.05, 4.69) is 19.2 Å². The van der Waals surface area contributed by atoms with E-state index in [9.17, 15) is 4.79 Å². The minimum atomic E-state index is -0.708. The Bertz CT molecular complexity index is 168. The normalized spacial score (nSPS) is 30.6. The quantitative estimate of drug-likeness (QED) is 0.654. The molecule has 1 rings (SSSR count). The van der Waals surface area contributed by atoms with Crippen molar-refractivity contribution in [2.24, 2.45) is 11.8 Å². The van der Waals surface area contributed by atoms with E-state index in [4.69, 9.17) is 5.11 Å². The van der Waals surface area contributed by atoms with Crippen LogP contribution in [0.2, 0.25) is 0 Å². The van der Waals surface area contributed by atoms with E-state index >= 15 is 0 Å². The Kier molecular flexibility index (Phi) is 3.09. The Hall–Kier alpha value is -0.570. The SMILES string of the molecule is CC(C)[C@H]1CCN[C@H](C(=O)O)C1. The first kappa shape index (κ1) is 9.52. The highest BCUT2D eigenvalue weighted by Crippen LogP contribution is 2.23. The summed E-state index contributed by atoms with van der Waals surface area (Å²) >= 11 is 0. The average molecular weight is 171 g/mol. The number of aliphatic carboxylic acids is 1. The van der Waals surface area contributed by atoms with Crippen molar-refractivity contribution < 1.29 is 9.90 Å². The maximum Gasteiger partial charge on any atom is 0.320 e. The van der Waals surface area contributed by atoms with Crippen LogP contribution in [0, 0.1) is 11.8 Å². The minimum absolute atomic E-state index is 0.314. The molecule has 3 nitrogen and oxygen atoms in total. The van der Waals surface area contributed by atoms with Crippen molar-refractivity contribution in [3.8, 4) is 0 Å². The van der Waals surface area contributed by atoms with Crippen molar-refractivity contribution in [2.75, 3.05) is 6.54 Å². The van der Waals surface area contributed by atoms with Crippen molar-refractivity contribution in [1.82, 2.24) is 5.32 Å². The molecule has 1 saturated heterocycles. The lowest BCUT2D eigenvalue weighted by molar-refractivity contribution is -0.140. The second kappa shape index (κ2) is 3.90. The molecule has 0 bridgehead atoms. The molecule has 0 spiro atoms. The lowest BCUT2D eigenvalue weighted by Crippen LogP contribution is -2.44. The highest BCUT2D eigenvalue weighted by atomic mass is 16.4. The largest absolute Gasteiger partial charge is 0.480 e. The molecule has 1 heterocycles. The molecule has 0 aliphatic carbocycles. The Morgan fingerprint density at radius 3 is 2.75 bits per heavy atom. The first-order valence-electron chi connectivity index (χ1n) is 4.57. The van der Waals surface area contributed by atoms with Gasteiger partial charge in [-0.2, -0.15) is 0 Å². The molecule has 0 saturated carbocycles. The van der Waals surface area contributed by atoms with Crippen LogP contribution in [0.4, 0.5) is 0 Å². The van der Waals surface area contributed by atoms with Crippen molar-refractivity contribution in [3.05, 3.63) is 0 Å². The monoisotopic (exact) mass is 171 g/mol. The van der Waals surface area contributed by atoms with Crippen LogP contribution in [0.5, 0.6) is 0 Å². The van der Waals surface area contributed by atoms with Gasteiger partial charge in [-0.3, -0.25) is 4.79 Å². The van der Waals surface area contributed by atoms with Gasteiger partial charge in [0.05, 0.1) is 0 Å². The van der Waals surface area contributed by atoms with Crippen LogP contribution < -0.4 is 5.32 Å². The molecule has 3 heteroatoms. The molecule has 1 aliphatic rings. The third-order valence-electron chi connectivity index (χ3n) is 2.69. The Balaban J connectivity index is 2.46. The standard InChI is InChI=1S/C9H17NO2/c1-6(2)7-3-4-10-8(5-7)9(11)12/h6-8,10H,3-5H2,1-2H3,(H,11,12)/t7-,8-/m0/s1. The fourth-order valence-corrected chi connectivity index (χ4v) is 1.74. The Morgan fingerprint density at radius 1 is 1.58 bits per heavy atom. The topological polar surface area (TPSA) is 49.3 Å². The van der Waals surface area contributed by atoms with Gasteiger partial charge in [0.25, 0.3) is 0 Å². The van der Waals surface area contributed by atoms with E-state index < -0.39 is 5.97 Å². The number of nitrogens with one attached hydrogen (secondary N) is 1. The zero-order valence-electron chi connectivity index (χ0n) is 7.71. The molecule has 0 aromatic carbocycles. The number of hydrogen-bond acceptors (Lipinski definition) is 2. The Labute approximate surface area is 73.2 Å². The first-order chi connectivity index (χ1) is 5.61. The van der Waals surface area contributed by atoms with Gasteiger partial charge < -0.3 is 10.4 Å². The molecule has 1 aliphatic heterocycles. The predicted octanol–water partition coefficient (Wildman–Crippen LogP) is 1.10. The maximum absolute atomic E-state index is 10.7. The van der Waals surface area contributed by atoms with E-state index in [0.717, 1.165) is 19.4 Å². The molecule has 0 amide bonds. The van der Waals surface area contributed by atoms with Crippen molar-refractivity contribution in [3.63, 3.8) is 0 Å². The molecule has 2 atom stereocenters. The van der Waals surface area contributed by atoms with Crippen LogP contribution in [0.3, 0.4) is 0 Å². The van der Waals surface area contributed by atoms with Crippen molar-refractivity contribution >= 4 is 5.97 Å². The van der Waals surface area contributed by atoms with Gasteiger partial charge in [-0.25, -0.2) is 0 Å². The fraction of sp³-hybridized carbons (Fsp3) is 0.889. The molecular formula is C9H17NO2. The van der Waals surface area contributed by atoms with E-state index in [0.29, 0.717) is 11.8 Å². The summed E-state index contributed by atoms with van der Waals surface area (Å²) in [6.45, 7) is 5.17. The number of piperidine rings is 1. The van der Waals surface area contributed by atoms with Crippen molar-refractivity contribution in [1.29, 1.82) is 0 Å². The highest BCUT2D eigenvalue weighted by Gasteiger charge is 2.27. The molecule has 70 valence electrons. The molecule has 0 aromatic heterocycles. The Morgan fingerprint density at radius 2 is 2.25 bits per heavy atom. The third-order valence-corrected chi connectivity index (χ3v) is 2.69. The number of carbonyl (C=O) groups is 1. The zero-order valence-corrected chi connectivity index (χ0v) is 7.71. The number of hydrogen-bond donors (Lipinski definition) is 2. The van der Waals surface area contributed by atoms with E-state index in [1.807, 2.05) is 0 Å². The summed E-state index contributed by atoms with van der Waals surface area (Å²) in [6, 6.07) is -0.314. The summed E-state index contributed by atoms with van der Waals surface area (Å²) in [4.78, 5) is 10.7. The van der Waals surface area contributed by atoms with E-state index in [1.54, 1.807) is 0 Å². The smallest absolute Gasteiger partial charge is 0.320 e. The summed E-state index contributed by atoms with van der Waals surface area (Å²) < 4.78 is 0. The summed E-state index contributed by atoms with van der Waals surface area (Å²) in [7, 11) is 0. The van der Waals surface area contributed by atoms with Gasteiger partial charge in [0.2, 0.25) is 0 Å². The van der Waals surface area contributed by atoms with Gasteiger partial charge >= 0.3 is 5.97 Å². The molecule has 0 unspecified atom stereocenters. The average Bonchev–Trinajstić information content (AvgIpc) is 2.04. The van der Waals surface area contributed by atoms with E-state index in [1.165, 1.54) is 0 Å². The summed E-state index contributed by atoms with van der Waals surface area (Å²) in [5.41, 5.74) is 0.